The molecule has 0 aliphatic carbocycles. The minimum Gasteiger partial charge on any atom is -0.453 e. The average Bonchev–Trinajstić information content (AvgIpc) is 2.84. The van der Waals surface area contributed by atoms with Gasteiger partial charge in [-0.3, -0.25) is 4.57 Å². The van der Waals surface area contributed by atoms with E-state index in [1.54, 1.807) is 0 Å². The van der Waals surface area contributed by atoms with Crippen molar-refractivity contribution in [1.29, 1.82) is 0 Å². The molecule has 0 fully saturated rings. The van der Waals surface area contributed by atoms with Crippen LogP contribution in [-0.2, 0) is 0 Å². The quantitative estimate of drug-likeness (QED) is 0.412. The molecule has 21 heavy (non-hydrogen) atoms. The van der Waals surface area contributed by atoms with Crippen LogP contribution in [0.15, 0.2) is 54.7 Å². The summed E-state index contributed by atoms with van der Waals surface area (Å²) in [5.74, 6) is 1.78. The van der Waals surface area contributed by atoms with Crippen LogP contribution in [0.5, 0.6) is 11.5 Å². The van der Waals surface area contributed by atoms with Gasteiger partial charge in [-0.25, -0.2) is 4.98 Å². The van der Waals surface area contributed by atoms with Crippen LogP contribution in [0.1, 0.15) is 5.56 Å². The molecular weight excluding hydrogens is 260 g/mol. The molecule has 3 nitrogen and oxygen atoms in total. The van der Waals surface area contributed by atoms with E-state index in [0.717, 1.165) is 33.7 Å². The van der Waals surface area contributed by atoms with E-state index in [-0.39, 0.29) is 0 Å². The zero-order valence-corrected chi connectivity index (χ0v) is 11.5. The van der Waals surface area contributed by atoms with Crippen LogP contribution in [0.2, 0.25) is 0 Å². The fourth-order valence-corrected chi connectivity index (χ4v) is 3.18. The lowest BCUT2D eigenvalue weighted by molar-refractivity contribution is 0.476. The molecule has 1 aliphatic rings. The van der Waals surface area contributed by atoms with Crippen molar-refractivity contribution >= 4 is 21.9 Å². The van der Waals surface area contributed by atoms with Crippen molar-refractivity contribution in [2.24, 2.45) is 0 Å². The zero-order chi connectivity index (χ0) is 14.0. The lowest BCUT2D eigenvalue weighted by atomic mass is 10.1. The number of benzene rings is 2. The Kier molecular flexibility index (Phi) is 1.89. The number of ether oxygens (including phenoxy) is 1. The molecule has 0 bridgehead atoms. The van der Waals surface area contributed by atoms with Gasteiger partial charge in [-0.15, -0.1) is 0 Å². The largest absolute Gasteiger partial charge is 0.453 e. The summed E-state index contributed by atoms with van der Waals surface area (Å²) in [6, 6.07) is 16.6. The van der Waals surface area contributed by atoms with Gasteiger partial charge in [0.15, 0.2) is 11.5 Å². The van der Waals surface area contributed by atoms with E-state index in [9.17, 15) is 0 Å². The van der Waals surface area contributed by atoms with E-state index in [1.807, 2.05) is 24.4 Å². The number of nitrogens with zero attached hydrogens (tertiary/aromatic N) is 2. The summed E-state index contributed by atoms with van der Waals surface area (Å²) in [6.07, 6.45) is 1.84. The van der Waals surface area contributed by atoms with Gasteiger partial charge in [0.2, 0.25) is 0 Å². The minimum absolute atomic E-state index is 0.887. The molecular formula is C18H12N2O. The number of para-hydroxylation sites is 1. The molecule has 0 N–H and O–H groups in total. The normalized spacial score (nSPS) is 12.4. The topological polar surface area (TPSA) is 27.1 Å². The molecule has 0 spiro atoms. The highest BCUT2D eigenvalue weighted by molar-refractivity contribution is 6.10. The van der Waals surface area contributed by atoms with Crippen LogP contribution >= 0.6 is 0 Å². The van der Waals surface area contributed by atoms with Gasteiger partial charge in [0.1, 0.15) is 5.65 Å². The van der Waals surface area contributed by atoms with E-state index in [4.69, 9.17) is 4.74 Å². The van der Waals surface area contributed by atoms with Gasteiger partial charge in [-0.05, 0) is 42.8 Å². The highest BCUT2D eigenvalue weighted by atomic mass is 16.5. The van der Waals surface area contributed by atoms with Crippen molar-refractivity contribution in [2.75, 3.05) is 0 Å². The third-order valence-corrected chi connectivity index (χ3v) is 4.09. The molecule has 2 aromatic heterocycles. The van der Waals surface area contributed by atoms with Gasteiger partial charge in [0, 0.05) is 17.0 Å². The summed E-state index contributed by atoms with van der Waals surface area (Å²) in [5, 5.41) is 2.34. The number of rotatable bonds is 0. The number of hydrogen-bond acceptors (Lipinski definition) is 2. The molecule has 0 amide bonds. The summed E-state index contributed by atoms with van der Waals surface area (Å²) in [6.45, 7) is 2.08. The monoisotopic (exact) mass is 272 g/mol. The van der Waals surface area contributed by atoms with E-state index in [0.29, 0.717) is 0 Å². The number of pyridine rings is 1. The predicted molar refractivity (Wildman–Crippen MR) is 83.4 cm³/mol. The molecule has 0 radical (unpaired) electrons. The molecule has 0 atom stereocenters. The van der Waals surface area contributed by atoms with Crippen LogP contribution in [0, 0.1) is 6.92 Å². The Hall–Kier alpha value is -2.81. The lowest BCUT2D eigenvalue weighted by Crippen LogP contribution is -2.04. The fraction of sp³-hybridized carbons (Fsp3) is 0.0556. The number of fused-ring (bicyclic) bond motifs is 5. The van der Waals surface area contributed by atoms with E-state index in [2.05, 4.69) is 46.8 Å². The molecule has 0 saturated heterocycles. The first-order valence-electron chi connectivity index (χ1n) is 7.00. The summed E-state index contributed by atoms with van der Waals surface area (Å²) >= 11 is 0. The lowest BCUT2D eigenvalue weighted by Gasteiger charge is -2.20. The predicted octanol–water partition coefficient (Wildman–Crippen LogP) is 4.59. The standard InChI is InChI=1S/C18H12N2O/c1-11-7-8-14-16(10-11)21-15-6-2-4-12-13-5-3-9-19-18(13)20(14)17(12)15/h2-10H,1H3. The van der Waals surface area contributed by atoms with Crippen LogP contribution in [-0.4, -0.2) is 9.55 Å². The Balaban J connectivity index is 2.07. The summed E-state index contributed by atoms with van der Waals surface area (Å²) < 4.78 is 8.32. The Morgan fingerprint density at radius 2 is 1.86 bits per heavy atom. The first-order chi connectivity index (χ1) is 10.3. The van der Waals surface area contributed by atoms with Gasteiger partial charge in [0.05, 0.1) is 11.2 Å². The molecule has 4 aromatic rings. The van der Waals surface area contributed by atoms with Crippen LogP contribution in [0.3, 0.4) is 0 Å². The second-order valence-electron chi connectivity index (χ2n) is 5.44. The molecule has 3 heterocycles. The Labute approximate surface area is 121 Å². The molecule has 3 heteroatoms. The molecule has 1 aliphatic heterocycles. The highest BCUT2D eigenvalue weighted by Crippen LogP contribution is 2.44. The van der Waals surface area contributed by atoms with Gasteiger partial charge in [0.25, 0.3) is 0 Å². The Morgan fingerprint density at radius 1 is 0.952 bits per heavy atom. The van der Waals surface area contributed by atoms with Crippen molar-refractivity contribution in [3.8, 4) is 17.2 Å². The molecule has 100 valence electrons. The van der Waals surface area contributed by atoms with E-state index in [1.165, 1.54) is 10.9 Å². The third-order valence-electron chi connectivity index (χ3n) is 4.09. The molecule has 0 unspecified atom stereocenters. The van der Waals surface area contributed by atoms with Crippen molar-refractivity contribution < 1.29 is 4.74 Å². The smallest absolute Gasteiger partial charge is 0.152 e. The average molecular weight is 272 g/mol. The van der Waals surface area contributed by atoms with Crippen LogP contribution in [0.25, 0.3) is 27.6 Å². The van der Waals surface area contributed by atoms with Gasteiger partial charge in [-0.2, -0.15) is 0 Å². The summed E-state index contributed by atoms with van der Waals surface area (Å²) in [5.41, 5.74) is 4.32. The Bertz CT molecular complexity index is 1030. The molecule has 2 aromatic carbocycles. The summed E-state index contributed by atoms with van der Waals surface area (Å²) in [7, 11) is 0. The zero-order valence-electron chi connectivity index (χ0n) is 11.5. The second-order valence-corrected chi connectivity index (χ2v) is 5.44. The number of aromatic nitrogens is 2. The molecule has 5 rings (SSSR count). The van der Waals surface area contributed by atoms with Crippen molar-refractivity contribution in [3.63, 3.8) is 0 Å². The first kappa shape index (κ1) is 10.9. The van der Waals surface area contributed by atoms with E-state index < -0.39 is 0 Å². The van der Waals surface area contributed by atoms with Gasteiger partial charge >= 0.3 is 0 Å². The maximum absolute atomic E-state index is 6.11. The SMILES string of the molecule is Cc1ccc2c(c1)Oc1cccc3c4cccnc4n-2c13. The minimum atomic E-state index is 0.887. The van der Waals surface area contributed by atoms with Crippen molar-refractivity contribution in [1.82, 2.24) is 9.55 Å². The fourth-order valence-electron chi connectivity index (χ4n) is 3.18. The van der Waals surface area contributed by atoms with Crippen LogP contribution < -0.4 is 4.74 Å². The highest BCUT2D eigenvalue weighted by Gasteiger charge is 2.23. The Morgan fingerprint density at radius 3 is 2.81 bits per heavy atom. The van der Waals surface area contributed by atoms with Crippen LogP contribution in [0.4, 0.5) is 0 Å². The van der Waals surface area contributed by atoms with Gasteiger partial charge < -0.3 is 4.74 Å². The maximum atomic E-state index is 6.11. The van der Waals surface area contributed by atoms with E-state index >= 15 is 0 Å². The molecule has 0 saturated carbocycles. The number of hydrogen-bond donors (Lipinski definition) is 0. The summed E-state index contributed by atoms with van der Waals surface area (Å²) in [4.78, 5) is 4.59. The third kappa shape index (κ3) is 1.30. The van der Waals surface area contributed by atoms with Crippen molar-refractivity contribution in [3.05, 3.63) is 60.3 Å². The van der Waals surface area contributed by atoms with Gasteiger partial charge in [-0.1, -0.05) is 18.2 Å². The van der Waals surface area contributed by atoms with Crippen molar-refractivity contribution in [2.45, 2.75) is 6.92 Å². The maximum Gasteiger partial charge on any atom is 0.152 e. The first-order valence-corrected chi connectivity index (χ1v) is 7.00. The second kappa shape index (κ2) is 3.64. The number of aryl methyl sites for hydroxylation is 1.